The maximum absolute atomic E-state index is 13.6. The minimum Gasteiger partial charge on any atom is -0.391 e. The van der Waals surface area contributed by atoms with E-state index in [-0.39, 0.29) is 30.7 Å². The highest BCUT2D eigenvalue weighted by Crippen LogP contribution is 2.28. The molecular weight excluding hydrogens is 476 g/mol. The fourth-order valence-electron chi connectivity index (χ4n) is 4.13. The molecule has 0 spiro atoms. The molecule has 1 saturated heterocycles. The summed E-state index contributed by atoms with van der Waals surface area (Å²) in [6.45, 7) is 13.3. The van der Waals surface area contributed by atoms with Crippen LogP contribution in [0.5, 0.6) is 0 Å². The van der Waals surface area contributed by atoms with Crippen molar-refractivity contribution in [2.75, 3.05) is 6.54 Å². The minimum absolute atomic E-state index is 0.0534. The summed E-state index contributed by atoms with van der Waals surface area (Å²) in [4.78, 5) is 46.2. The third-order valence-corrected chi connectivity index (χ3v) is 7.34. The van der Waals surface area contributed by atoms with Gasteiger partial charge in [0.1, 0.15) is 12.1 Å². The molecule has 1 aromatic carbocycles. The minimum atomic E-state index is -0.826. The standard InChI is InChI=1S/C27H38N4O4S/c1-16-21(36-15-29-16)18-10-8-17(9-11-18)13-28-23(33)20-12-19(32)14-31(20)24(34)22(26(2,3)4)30-25(35)27(5,6)7/h8-11,15,19-20,22,32H,12-14H2,1-7H3,(H,28,33)(H,30,35)/t19-,20+,22-/m0/s1. The lowest BCUT2D eigenvalue weighted by atomic mass is 9.84. The van der Waals surface area contributed by atoms with Crippen molar-refractivity contribution in [1.82, 2.24) is 20.5 Å². The number of carbonyl (C=O) groups is 3. The highest BCUT2D eigenvalue weighted by Gasteiger charge is 2.45. The third kappa shape index (κ3) is 6.50. The Morgan fingerprint density at radius 1 is 1.14 bits per heavy atom. The summed E-state index contributed by atoms with van der Waals surface area (Å²) in [6, 6.07) is 6.29. The van der Waals surface area contributed by atoms with Gasteiger partial charge in [-0.2, -0.15) is 0 Å². The van der Waals surface area contributed by atoms with Crippen molar-refractivity contribution >= 4 is 29.1 Å². The predicted octanol–water partition coefficient (Wildman–Crippen LogP) is 3.27. The van der Waals surface area contributed by atoms with Gasteiger partial charge in [-0.05, 0) is 23.5 Å². The number of carbonyl (C=O) groups excluding carboxylic acids is 3. The molecule has 9 heteroatoms. The molecule has 2 heterocycles. The summed E-state index contributed by atoms with van der Waals surface area (Å²) in [7, 11) is 0. The van der Waals surface area contributed by atoms with Crippen LogP contribution < -0.4 is 10.6 Å². The molecule has 36 heavy (non-hydrogen) atoms. The second-order valence-electron chi connectivity index (χ2n) is 11.6. The van der Waals surface area contributed by atoms with Gasteiger partial charge < -0.3 is 20.6 Å². The number of nitrogens with zero attached hydrogens (tertiary/aromatic N) is 2. The molecule has 0 saturated carbocycles. The first-order valence-corrected chi connectivity index (χ1v) is 13.1. The molecule has 1 aromatic heterocycles. The maximum Gasteiger partial charge on any atom is 0.246 e. The van der Waals surface area contributed by atoms with E-state index < -0.39 is 29.0 Å². The first-order chi connectivity index (χ1) is 16.7. The molecule has 0 bridgehead atoms. The maximum atomic E-state index is 13.6. The number of aliphatic hydroxyl groups excluding tert-OH is 1. The van der Waals surface area contributed by atoms with E-state index in [1.54, 1.807) is 32.1 Å². The largest absolute Gasteiger partial charge is 0.391 e. The van der Waals surface area contributed by atoms with Gasteiger partial charge in [-0.15, -0.1) is 11.3 Å². The highest BCUT2D eigenvalue weighted by atomic mass is 32.1. The average Bonchev–Trinajstić information content (AvgIpc) is 3.39. The van der Waals surface area contributed by atoms with E-state index in [0.717, 1.165) is 21.7 Å². The van der Waals surface area contributed by atoms with Gasteiger partial charge >= 0.3 is 0 Å². The molecule has 1 aliphatic rings. The van der Waals surface area contributed by atoms with Crippen molar-refractivity contribution in [2.24, 2.45) is 10.8 Å². The van der Waals surface area contributed by atoms with Crippen LogP contribution in [0.4, 0.5) is 0 Å². The van der Waals surface area contributed by atoms with Gasteiger partial charge in [-0.3, -0.25) is 14.4 Å². The zero-order chi connectivity index (χ0) is 26.8. The molecular formula is C27H38N4O4S. The van der Waals surface area contributed by atoms with Gasteiger partial charge in [-0.25, -0.2) is 4.98 Å². The second kappa shape index (κ2) is 10.7. The van der Waals surface area contributed by atoms with E-state index in [1.807, 2.05) is 57.5 Å². The third-order valence-electron chi connectivity index (χ3n) is 6.36. The number of β-amino-alcohol motifs (C(OH)–C–C–N with tert-alkyl or cyclic N) is 1. The number of hydrogen-bond acceptors (Lipinski definition) is 6. The van der Waals surface area contributed by atoms with Crippen LogP contribution in [0, 0.1) is 17.8 Å². The van der Waals surface area contributed by atoms with E-state index >= 15 is 0 Å². The molecule has 1 fully saturated rings. The predicted molar refractivity (Wildman–Crippen MR) is 141 cm³/mol. The van der Waals surface area contributed by atoms with E-state index in [1.165, 1.54) is 4.90 Å². The molecule has 0 aliphatic carbocycles. The topological polar surface area (TPSA) is 112 Å². The van der Waals surface area contributed by atoms with Crippen LogP contribution >= 0.6 is 11.3 Å². The molecule has 2 aromatic rings. The number of nitrogens with one attached hydrogen (secondary N) is 2. The van der Waals surface area contributed by atoms with E-state index in [4.69, 9.17) is 0 Å². The Balaban J connectivity index is 1.69. The van der Waals surface area contributed by atoms with Crippen LogP contribution in [0.25, 0.3) is 10.4 Å². The lowest BCUT2D eigenvalue weighted by Gasteiger charge is -2.36. The summed E-state index contributed by atoms with van der Waals surface area (Å²) >= 11 is 1.59. The van der Waals surface area contributed by atoms with Crippen molar-refractivity contribution in [3.8, 4) is 10.4 Å². The van der Waals surface area contributed by atoms with Gasteiger partial charge in [0.2, 0.25) is 17.7 Å². The van der Waals surface area contributed by atoms with Crippen LogP contribution in [-0.2, 0) is 20.9 Å². The van der Waals surface area contributed by atoms with Crippen molar-refractivity contribution in [2.45, 2.75) is 79.6 Å². The summed E-state index contributed by atoms with van der Waals surface area (Å²) in [6.07, 6.45) is -0.642. The molecule has 0 radical (unpaired) electrons. The first kappa shape index (κ1) is 27.8. The quantitative estimate of drug-likeness (QED) is 0.548. The SMILES string of the molecule is Cc1ncsc1-c1ccc(CNC(=O)[C@H]2C[C@H](O)CN2C(=O)[C@H](NC(=O)C(C)(C)C)C(C)(C)C)cc1. The van der Waals surface area contributed by atoms with Gasteiger partial charge in [0.25, 0.3) is 0 Å². The number of amides is 3. The molecule has 0 unspecified atom stereocenters. The van der Waals surface area contributed by atoms with Crippen LogP contribution in [0.1, 0.15) is 59.2 Å². The summed E-state index contributed by atoms with van der Waals surface area (Å²) in [5.74, 6) is -0.924. The van der Waals surface area contributed by atoms with E-state index in [2.05, 4.69) is 15.6 Å². The normalized spacial score (nSPS) is 19.2. The monoisotopic (exact) mass is 514 g/mol. The van der Waals surface area contributed by atoms with Gasteiger partial charge in [0, 0.05) is 24.9 Å². The molecule has 3 N–H and O–H groups in total. The van der Waals surface area contributed by atoms with Crippen molar-refractivity contribution in [3.63, 3.8) is 0 Å². The molecule has 3 atom stereocenters. The Bertz CT molecular complexity index is 1100. The van der Waals surface area contributed by atoms with Gasteiger partial charge in [0.05, 0.1) is 22.2 Å². The summed E-state index contributed by atoms with van der Waals surface area (Å²) in [5, 5.41) is 16.1. The Morgan fingerprint density at radius 3 is 2.31 bits per heavy atom. The molecule has 1 aliphatic heterocycles. The van der Waals surface area contributed by atoms with E-state index in [9.17, 15) is 19.5 Å². The van der Waals surface area contributed by atoms with Gasteiger partial charge in [-0.1, -0.05) is 65.8 Å². The average molecular weight is 515 g/mol. The fourth-order valence-corrected chi connectivity index (χ4v) is 4.94. The number of rotatable bonds is 6. The zero-order valence-corrected chi connectivity index (χ0v) is 23.0. The van der Waals surface area contributed by atoms with Crippen molar-refractivity contribution < 1.29 is 19.5 Å². The Morgan fingerprint density at radius 2 is 1.78 bits per heavy atom. The first-order valence-electron chi connectivity index (χ1n) is 12.2. The molecule has 3 amide bonds. The van der Waals surface area contributed by atoms with E-state index in [0.29, 0.717) is 6.54 Å². The van der Waals surface area contributed by atoms with Crippen LogP contribution in [0.3, 0.4) is 0 Å². The van der Waals surface area contributed by atoms with Crippen LogP contribution in [-0.4, -0.2) is 57.4 Å². The number of aryl methyl sites for hydroxylation is 1. The number of likely N-dealkylation sites (tertiary alicyclic amines) is 1. The number of thiazole rings is 1. The summed E-state index contributed by atoms with van der Waals surface area (Å²) < 4.78 is 0. The number of hydrogen-bond donors (Lipinski definition) is 3. The molecule has 196 valence electrons. The fraction of sp³-hybridized carbons (Fsp3) is 0.556. The van der Waals surface area contributed by atoms with Crippen molar-refractivity contribution in [1.29, 1.82) is 0 Å². The second-order valence-corrected chi connectivity index (χ2v) is 12.5. The van der Waals surface area contributed by atoms with Crippen molar-refractivity contribution in [3.05, 3.63) is 41.0 Å². The summed E-state index contributed by atoms with van der Waals surface area (Å²) in [5.41, 5.74) is 3.56. The molecule has 3 rings (SSSR count). The van der Waals surface area contributed by atoms with Gasteiger partial charge in [0.15, 0.2) is 0 Å². The highest BCUT2D eigenvalue weighted by molar-refractivity contribution is 7.13. The van der Waals surface area contributed by atoms with Crippen LogP contribution in [0.15, 0.2) is 29.8 Å². The number of aromatic nitrogens is 1. The Hall–Kier alpha value is -2.78. The Kier molecular flexibility index (Phi) is 8.25. The Labute approximate surface area is 217 Å². The smallest absolute Gasteiger partial charge is 0.246 e. The molecule has 8 nitrogen and oxygen atoms in total. The number of aliphatic hydroxyl groups is 1. The lowest BCUT2D eigenvalue weighted by Crippen LogP contribution is -2.59. The number of benzene rings is 1. The lowest BCUT2D eigenvalue weighted by molar-refractivity contribution is -0.145. The van der Waals surface area contributed by atoms with Crippen LogP contribution in [0.2, 0.25) is 0 Å². The zero-order valence-electron chi connectivity index (χ0n) is 22.2.